The molecule has 0 aromatic carbocycles. The molecule has 3 heteroatoms. The molecule has 0 saturated carbocycles. The van der Waals surface area contributed by atoms with Crippen molar-refractivity contribution in [1.29, 1.82) is 0 Å². The summed E-state index contributed by atoms with van der Waals surface area (Å²) in [5.74, 6) is 6.44. The summed E-state index contributed by atoms with van der Waals surface area (Å²) in [6.07, 6.45) is 2.16. The van der Waals surface area contributed by atoms with Crippen LogP contribution in [0.15, 0.2) is 11.6 Å². The van der Waals surface area contributed by atoms with Gasteiger partial charge in [0.1, 0.15) is 0 Å². The van der Waals surface area contributed by atoms with Crippen LogP contribution >= 0.6 is 11.8 Å². The van der Waals surface area contributed by atoms with Gasteiger partial charge in [0, 0.05) is 11.8 Å². The fraction of sp³-hybridized carbons (Fsp3) is 0.778. The molecule has 72 valence electrons. The van der Waals surface area contributed by atoms with Crippen molar-refractivity contribution in [3.8, 4) is 0 Å². The van der Waals surface area contributed by atoms with Crippen molar-refractivity contribution in [2.75, 3.05) is 5.75 Å². The molecule has 0 heterocycles. The van der Waals surface area contributed by atoms with Gasteiger partial charge in [0.15, 0.2) is 0 Å². The lowest BCUT2D eigenvalue weighted by molar-refractivity contribution is 0.672. The maximum absolute atomic E-state index is 5.40. The lowest BCUT2D eigenvalue weighted by Gasteiger charge is -2.13. The van der Waals surface area contributed by atoms with Gasteiger partial charge in [0.2, 0.25) is 0 Å². The summed E-state index contributed by atoms with van der Waals surface area (Å²) < 4.78 is 0. The average Bonchev–Trinajstić information content (AvgIpc) is 1.97. The van der Waals surface area contributed by atoms with E-state index in [1.54, 1.807) is 0 Å². The molecule has 0 aliphatic heterocycles. The SMILES string of the molecule is CC(C)=CC(CSC(C)C)NN. The van der Waals surface area contributed by atoms with E-state index < -0.39 is 0 Å². The highest BCUT2D eigenvalue weighted by Gasteiger charge is 2.03. The molecule has 0 saturated heterocycles. The number of hydrazine groups is 1. The van der Waals surface area contributed by atoms with Crippen LogP contribution in [-0.2, 0) is 0 Å². The molecule has 0 aliphatic carbocycles. The Hall–Kier alpha value is 0.01000. The Morgan fingerprint density at radius 1 is 1.50 bits per heavy atom. The summed E-state index contributed by atoms with van der Waals surface area (Å²) in [7, 11) is 0. The van der Waals surface area contributed by atoms with Crippen LogP contribution in [0.1, 0.15) is 27.7 Å². The van der Waals surface area contributed by atoms with Crippen LogP contribution in [0.4, 0.5) is 0 Å². The van der Waals surface area contributed by atoms with Crippen molar-refractivity contribution in [2.45, 2.75) is 39.0 Å². The molecule has 0 rings (SSSR count). The highest BCUT2D eigenvalue weighted by Crippen LogP contribution is 2.11. The number of hydrogen-bond acceptors (Lipinski definition) is 3. The monoisotopic (exact) mass is 188 g/mol. The summed E-state index contributed by atoms with van der Waals surface area (Å²) in [6.45, 7) is 8.57. The molecule has 0 radical (unpaired) electrons. The molecule has 1 atom stereocenters. The number of rotatable bonds is 5. The number of thioether (sulfide) groups is 1. The summed E-state index contributed by atoms with van der Waals surface area (Å²) in [5, 5.41) is 0.673. The first-order valence-corrected chi connectivity index (χ1v) is 5.34. The van der Waals surface area contributed by atoms with Gasteiger partial charge < -0.3 is 0 Å². The van der Waals surface area contributed by atoms with Gasteiger partial charge in [-0.2, -0.15) is 11.8 Å². The van der Waals surface area contributed by atoms with Crippen LogP contribution in [0.5, 0.6) is 0 Å². The fourth-order valence-corrected chi connectivity index (χ4v) is 1.63. The summed E-state index contributed by atoms with van der Waals surface area (Å²) in [5.41, 5.74) is 4.10. The maximum atomic E-state index is 5.40. The first kappa shape index (κ1) is 12.0. The van der Waals surface area contributed by atoms with Gasteiger partial charge >= 0.3 is 0 Å². The molecule has 1 unspecified atom stereocenters. The lowest BCUT2D eigenvalue weighted by Crippen LogP contribution is -2.35. The highest BCUT2D eigenvalue weighted by molar-refractivity contribution is 7.99. The van der Waals surface area contributed by atoms with E-state index in [9.17, 15) is 0 Å². The molecular weight excluding hydrogens is 168 g/mol. The zero-order valence-corrected chi connectivity index (χ0v) is 9.24. The van der Waals surface area contributed by atoms with Crippen LogP contribution in [-0.4, -0.2) is 17.0 Å². The normalized spacial score (nSPS) is 13.2. The first-order chi connectivity index (χ1) is 5.56. The van der Waals surface area contributed by atoms with Crippen molar-refractivity contribution in [3.63, 3.8) is 0 Å². The van der Waals surface area contributed by atoms with Crippen molar-refractivity contribution < 1.29 is 0 Å². The van der Waals surface area contributed by atoms with Gasteiger partial charge in [-0.1, -0.05) is 25.5 Å². The summed E-state index contributed by atoms with van der Waals surface area (Å²) >= 11 is 1.92. The highest BCUT2D eigenvalue weighted by atomic mass is 32.2. The molecule has 0 bridgehead atoms. The van der Waals surface area contributed by atoms with E-state index in [4.69, 9.17) is 5.84 Å². The molecule has 3 N–H and O–H groups in total. The van der Waals surface area contributed by atoms with Crippen LogP contribution in [0, 0.1) is 0 Å². The van der Waals surface area contributed by atoms with Crippen LogP contribution < -0.4 is 11.3 Å². The Morgan fingerprint density at radius 3 is 2.42 bits per heavy atom. The minimum absolute atomic E-state index is 0.308. The van der Waals surface area contributed by atoms with E-state index in [1.165, 1.54) is 5.57 Å². The van der Waals surface area contributed by atoms with Crippen LogP contribution in [0.25, 0.3) is 0 Å². The Morgan fingerprint density at radius 2 is 2.08 bits per heavy atom. The third kappa shape index (κ3) is 6.70. The van der Waals surface area contributed by atoms with E-state index in [0.29, 0.717) is 11.3 Å². The third-order valence-corrected chi connectivity index (χ3v) is 2.58. The molecule has 0 amide bonds. The van der Waals surface area contributed by atoms with E-state index >= 15 is 0 Å². The van der Waals surface area contributed by atoms with Gasteiger partial charge in [-0.15, -0.1) is 0 Å². The second-order valence-corrected chi connectivity index (χ2v) is 5.01. The van der Waals surface area contributed by atoms with Crippen LogP contribution in [0.3, 0.4) is 0 Å². The largest absolute Gasteiger partial charge is 0.271 e. The summed E-state index contributed by atoms with van der Waals surface area (Å²) in [6, 6.07) is 0.308. The average molecular weight is 188 g/mol. The van der Waals surface area contributed by atoms with Crippen molar-refractivity contribution >= 4 is 11.8 Å². The zero-order chi connectivity index (χ0) is 9.56. The quantitative estimate of drug-likeness (QED) is 0.393. The van der Waals surface area contributed by atoms with E-state index in [1.807, 2.05) is 11.8 Å². The number of nitrogens with two attached hydrogens (primary N) is 1. The zero-order valence-electron chi connectivity index (χ0n) is 8.42. The smallest absolute Gasteiger partial charge is 0.0483 e. The molecule has 0 spiro atoms. The molecule has 0 aromatic rings. The van der Waals surface area contributed by atoms with Crippen molar-refractivity contribution in [1.82, 2.24) is 5.43 Å². The molecule has 0 fully saturated rings. The number of hydrogen-bond donors (Lipinski definition) is 2. The number of allylic oxidation sites excluding steroid dienone is 1. The minimum atomic E-state index is 0.308. The third-order valence-electron chi connectivity index (χ3n) is 1.36. The molecule has 12 heavy (non-hydrogen) atoms. The van der Waals surface area contributed by atoms with Crippen LogP contribution in [0.2, 0.25) is 0 Å². The molecule has 0 aliphatic rings. The van der Waals surface area contributed by atoms with E-state index in [-0.39, 0.29) is 0 Å². The predicted octanol–water partition coefficient (Wildman–Crippen LogP) is 1.93. The van der Waals surface area contributed by atoms with E-state index in [2.05, 4.69) is 39.2 Å². The Balaban J connectivity index is 3.76. The fourth-order valence-electron chi connectivity index (χ4n) is 0.843. The Labute approximate surface area is 80.0 Å². The van der Waals surface area contributed by atoms with Gasteiger partial charge in [0.25, 0.3) is 0 Å². The topological polar surface area (TPSA) is 38.0 Å². The minimum Gasteiger partial charge on any atom is -0.271 e. The Kier molecular flexibility index (Phi) is 6.52. The molecular formula is C9H20N2S. The summed E-state index contributed by atoms with van der Waals surface area (Å²) in [4.78, 5) is 0. The number of nitrogens with one attached hydrogen (secondary N) is 1. The first-order valence-electron chi connectivity index (χ1n) is 4.29. The van der Waals surface area contributed by atoms with Gasteiger partial charge in [-0.05, 0) is 19.1 Å². The lowest BCUT2D eigenvalue weighted by atomic mass is 10.2. The van der Waals surface area contributed by atoms with Crippen molar-refractivity contribution in [2.24, 2.45) is 5.84 Å². The van der Waals surface area contributed by atoms with Gasteiger partial charge in [0.05, 0.1) is 0 Å². The van der Waals surface area contributed by atoms with Gasteiger partial charge in [-0.3, -0.25) is 11.3 Å². The predicted molar refractivity (Wildman–Crippen MR) is 58.1 cm³/mol. The molecule has 0 aromatic heterocycles. The second kappa shape index (κ2) is 6.52. The van der Waals surface area contributed by atoms with E-state index in [0.717, 1.165) is 5.75 Å². The Bertz CT molecular complexity index is 139. The maximum Gasteiger partial charge on any atom is 0.0483 e. The molecule has 2 nitrogen and oxygen atoms in total. The van der Waals surface area contributed by atoms with Gasteiger partial charge in [-0.25, -0.2) is 0 Å². The second-order valence-electron chi connectivity index (χ2n) is 3.40. The standard InChI is InChI=1S/C9H20N2S/c1-7(2)5-9(11-10)6-12-8(3)4/h5,8-9,11H,6,10H2,1-4H3. The van der Waals surface area contributed by atoms with Crippen molar-refractivity contribution in [3.05, 3.63) is 11.6 Å².